The van der Waals surface area contributed by atoms with Crippen LogP contribution in [0.1, 0.15) is 46.0 Å². The van der Waals surface area contributed by atoms with E-state index in [2.05, 4.69) is 0 Å². The van der Waals surface area contributed by atoms with Crippen LogP contribution in [-0.4, -0.2) is 129 Å². The van der Waals surface area contributed by atoms with Crippen LogP contribution in [0.2, 0.25) is 0 Å². The number of carboxylic acids is 1. The van der Waals surface area contributed by atoms with Crippen molar-refractivity contribution in [3.63, 3.8) is 0 Å². The van der Waals surface area contributed by atoms with Crippen LogP contribution in [0.25, 0.3) is 0 Å². The third-order valence-corrected chi connectivity index (χ3v) is 8.59. The summed E-state index contributed by atoms with van der Waals surface area (Å²) in [5, 5.41) is 61.2. The average Bonchev–Trinajstić information content (AvgIpc) is 3.60. The van der Waals surface area contributed by atoms with E-state index in [0.717, 1.165) is 12.8 Å². The number of aliphatic hydroxyl groups excluding tert-OH is 5. The van der Waals surface area contributed by atoms with Gasteiger partial charge < -0.3 is 59.1 Å². The van der Waals surface area contributed by atoms with E-state index < -0.39 is 92.3 Å². The highest BCUT2D eigenvalue weighted by atomic mass is 16.7. The summed E-state index contributed by atoms with van der Waals surface area (Å²) >= 11 is 0. The van der Waals surface area contributed by atoms with Crippen molar-refractivity contribution in [2.45, 2.75) is 132 Å². The maximum atomic E-state index is 11.8. The molecule has 5 rings (SSSR count). The van der Waals surface area contributed by atoms with E-state index in [0.29, 0.717) is 12.8 Å². The predicted octanol–water partition coefficient (Wildman–Crippen LogP) is -1.50. The lowest BCUT2D eigenvalue weighted by molar-refractivity contribution is -0.355. The lowest BCUT2D eigenvalue weighted by atomic mass is 9.85. The Hall–Kier alpha value is -0.970. The molecule has 2 aliphatic carbocycles. The van der Waals surface area contributed by atoms with Crippen LogP contribution in [0.15, 0.2) is 0 Å². The Kier molecular flexibility index (Phi) is 8.63. The number of aliphatic hydroxyl groups is 5. The highest BCUT2D eigenvalue weighted by Crippen LogP contribution is 2.45. The maximum Gasteiger partial charge on any atom is 0.332 e. The molecule has 38 heavy (non-hydrogen) atoms. The van der Waals surface area contributed by atoms with Crippen molar-refractivity contribution in [1.82, 2.24) is 0 Å². The lowest BCUT2D eigenvalue weighted by Gasteiger charge is -2.48. The van der Waals surface area contributed by atoms with Crippen LogP contribution >= 0.6 is 0 Å². The molecule has 0 aromatic carbocycles. The molecule has 0 spiro atoms. The third kappa shape index (κ3) is 5.61. The molecular formula is C25H40O13. The minimum Gasteiger partial charge on any atom is -0.479 e. The molecule has 0 radical (unpaired) electrons. The third-order valence-electron chi connectivity index (χ3n) is 8.59. The van der Waals surface area contributed by atoms with Gasteiger partial charge in [-0.15, -0.1) is 0 Å². The fourth-order valence-electron chi connectivity index (χ4n) is 6.12. The van der Waals surface area contributed by atoms with Crippen molar-refractivity contribution in [3.8, 4) is 0 Å². The molecule has 13 heteroatoms. The SMILES string of the molecule is CC1O[C@@H](OC2[C@H](C)CCC[C@H]2O[C@@H]2OC(CO)[C@H](O)C3O[C@@H](C(=O)O)CC4CC4OC32)[C@@H](O)C(O)[C@@H]1O. The van der Waals surface area contributed by atoms with Crippen molar-refractivity contribution in [3.05, 3.63) is 0 Å². The molecule has 2 saturated carbocycles. The topological polar surface area (TPSA) is 194 Å². The Morgan fingerprint density at radius 3 is 2.32 bits per heavy atom. The summed E-state index contributed by atoms with van der Waals surface area (Å²) in [7, 11) is 0. The number of ether oxygens (including phenoxy) is 6. The zero-order valence-corrected chi connectivity index (χ0v) is 21.5. The smallest absolute Gasteiger partial charge is 0.332 e. The molecule has 16 atom stereocenters. The van der Waals surface area contributed by atoms with Crippen molar-refractivity contribution >= 4 is 5.97 Å². The molecule has 0 bridgehead atoms. The van der Waals surface area contributed by atoms with Gasteiger partial charge in [-0.1, -0.05) is 13.3 Å². The molecule has 3 aliphatic heterocycles. The molecule has 5 aliphatic rings. The lowest BCUT2D eigenvalue weighted by Crippen LogP contribution is -2.64. The Bertz CT molecular complexity index is 829. The fourth-order valence-corrected chi connectivity index (χ4v) is 6.12. The van der Waals surface area contributed by atoms with Crippen molar-refractivity contribution in [2.24, 2.45) is 11.8 Å². The quantitative estimate of drug-likeness (QED) is 0.225. The van der Waals surface area contributed by atoms with E-state index in [9.17, 15) is 35.4 Å². The summed E-state index contributed by atoms with van der Waals surface area (Å²) in [6.45, 7) is 3.00. The van der Waals surface area contributed by atoms with E-state index in [1.54, 1.807) is 6.92 Å². The van der Waals surface area contributed by atoms with E-state index in [-0.39, 0.29) is 24.4 Å². The molecule has 0 aromatic rings. The highest BCUT2D eigenvalue weighted by molar-refractivity contribution is 5.72. The van der Waals surface area contributed by atoms with Gasteiger partial charge in [0.2, 0.25) is 0 Å². The summed E-state index contributed by atoms with van der Waals surface area (Å²) < 4.78 is 36.2. The Labute approximate surface area is 220 Å². The second-order valence-corrected chi connectivity index (χ2v) is 11.4. The van der Waals surface area contributed by atoms with Crippen molar-refractivity contribution < 1.29 is 63.9 Å². The average molecular weight is 549 g/mol. The zero-order valence-electron chi connectivity index (χ0n) is 21.5. The molecule has 5 fully saturated rings. The number of carbonyl (C=O) groups is 1. The van der Waals surface area contributed by atoms with E-state index in [4.69, 9.17) is 28.4 Å². The molecule has 6 N–H and O–H groups in total. The minimum absolute atomic E-state index is 0.0184. The maximum absolute atomic E-state index is 11.8. The Morgan fingerprint density at radius 1 is 0.842 bits per heavy atom. The first-order valence-electron chi connectivity index (χ1n) is 13.6. The molecule has 3 saturated heterocycles. The summed E-state index contributed by atoms with van der Waals surface area (Å²) in [5.41, 5.74) is 0. The Balaban J connectivity index is 1.35. The van der Waals surface area contributed by atoms with Crippen LogP contribution in [-0.2, 0) is 33.2 Å². The monoisotopic (exact) mass is 548 g/mol. The van der Waals surface area contributed by atoms with Gasteiger partial charge >= 0.3 is 5.97 Å². The molecule has 13 nitrogen and oxygen atoms in total. The Morgan fingerprint density at radius 2 is 1.61 bits per heavy atom. The number of carboxylic acid groups (broad SMARTS) is 1. The summed E-state index contributed by atoms with van der Waals surface area (Å²) in [4.78, 5) is 11.8. The van der Waals surface area contributed by atoms with Gasteiger partial charge in [-0.3, -0.25) is 0 Å². The molecule has 218 valence electrons. The van der Waals surface area contributed by atoms with Gasteiger partial charge in [-0.2, -0.15) is 0 Å². The van der Waals surface area contributed by atoms with Crippen LogP contribution in [0.4, 0.5) is 0 Å². The van der Waals surface area contributed by atoms with Crippen LogP contribution in [0.3, 0.4) is 0 Å². The number of rotatable bonds is 6. The zero-order chi connectivity index (χ0) is 27.3. The predicted molar refractivity (Wildman–Crippen MR) is 125 cm³/mol. The van der Waals surface area contributed by atoms with Gasteiger partial charge in [0.1, 0.15) is 42.7 Å². The molecular weight excluding hydrogens is 508 g/mol. The standard InChI is InChI=1S/C25H40O13/c1-9-4-3-5-12(20(9)38-24-19(30)18(29)16(27)10(2)33-24)36-25-22-21(17(28)15(8-26)37-25)35-14(23(31)32)7-11-6-13(11)34-22/h9-22,24-30H,3-8H2,1-2H3,(H,31,32)/t9-,10?,11?,12-,13?,14-,15?,16-,17+,18?,19+,20?,21?,22?,24+,25-/m1/s1. The first-order valence-corrected chi connectivity index (χ1v) is 13.6. The number of hydrogen-bond acceptors (Lipinski definition) is 12. The summed E-state index contributed by atoms with van der Waals surface area (Å²) in [6.07, 6.45) is -11.1. The van der Waals surface area contributed by atoms with E-state index >= 15 is 0 Å². The molecule has 0 amide bonds. The van der Waals surface area contributed by atoms with Crippen LogP contribution in [0, 0.1) is 11.8 Å². The first kappa shape index (κ1) is 28.6. The molecule has 0 aromatic heterocycles. The molecule has 8 unspecified atom stereocenters. The number of hydrogen-bond donors (Lipinski definition) is 6. The minimum atomic E-state index is -1.47. The van der Waals surface area contributed by atoms with Gasteiger partial charge in [0.05, 0.1) is 31.0 Å². The van der Waals surface area contributed by atoms with E-state index in [1.165, 1.54) is 0 Å². The second kappa shape index (κ2) is 11.5. The summed E-state index contributed by atoms with van der Waals surface area (Å²) in [5.74, 6) is -1.14. The highest BCUT2D eigenvalue weighted by Gasteiger charge is 2.56. The van der Waals surface area contributed by atoms with Crippen LogP contribution < -0.4 is 0 Å². The van der Waals surface area contributed by atoms with E-state index in [1.807, 2.05) is 6.92 Å². The van der Waals surface area contributed by atoms with Gasteiger partial charge in [-0.05, 0) is 44.4 Å². The number of aliphatic carboxylic acids is 1. The van der Waals surface area contributed by atoms with Crippen molar-refractivity contribution in [1.29, 1.82) is 0 Å². The normalized spacial score (nSPS) is 53.2. The van der Waals surface area contributed by atoms with Gasteiger partial charge in [0.25, 0.3) is 0 Å². The largest absolute Gasteiger partial charge is 0.479 e. The van der Waals surface area contributed by atoms with Crippen molar-refractivity contribution in [2.75, 3.05) is 6.61 Å². The fraction of sp³-hybridized carbons (Fsp3) is 0.960. The molecule has 3 heterocycles. The van der Waals surface area contributed by atoms with Gasteiger partial charge in [0, 0.05) is 0 Å². The van der Waals surface area contributed by atoms with Crippen LogP contribution in [0.5, 0.6) is 0 Å². The van der Waals surface area contributed by atoms with Gasteiger partial charge in [-0.25, -0.2) is 4.79 Å². The number of fused-ring (bicyclic) bond motifs is 2. The van der Waals surface area contributed by atoms with Gasteiger partial charge in [0.15, 0.2) is 18.7 Å². The second-order valence-electron chi connectivity index (χ2n) is 11.4. The summed E-state index contributed by atoms with van der Waals surface area (Å²) in [6, 6.07) is 0. The first-order chi connectivity index (χ1) is 18.1.